The van der Waals surface area contributed by atoms with E-state index < -0.39 is 0 Å². The van der Waals surface area contributed by atoms with Gasteiger partial charge in [0.2, 0.25) is 0 Å². The summed E-state index contributed by atoms with van der Waals surface area (Å²) in [5, 5.41) is 6.01. The molecule has 0 saturated heterocycles. The predicted molar refractivity (Wildman–Crippen MR) is 143 cm³/mol. The minimum Gasteiger partial charge on any atom is -0.490 e. The van der Waals surface area contributed by atoms with E-state index >= 15 is 0 Å². The van der Waals surface area contributed by atoms with Crippen LogP contribution in [0.5, 0.6) is 11.5 Å². The van der Waals surface area contributed by atoms with Gasteiger partial charge in [-0.1, -0.05) is 60.7 Å². The van der Waals surface area contributed by atoms with Crippen LogP contribution in [0.4, 0.5) is 5.69 Å². The number of hydrogen-bond acceptors (Lipinski definition) is 3. The van der Waals surface area contributed by atoms with E-state index in [1.165, 1.54) is 21.9 Å². The van der Waals surface area contributed by atoms with E-state index in [1.807, 2.05) is 13.0 Å². The first-order valence-electron chi connectivity index (χ1n) is 11.9. The molecule has 4 rings (SSSR count). The molecule has 4 aromatic carbocycles. The summed E-state index contributed by atoms with van der Waals surface area (Å²) in [6.45, 7) is 12.0. The molecule has 3 nitrogen and oxygen atoms in total. The lowest BCUT2D eigenvalue weighted by atomic mass is 10.0. The van der Waals surface area contributed by atoms with Crippen LogP contribution in [-0.2, 0) is 19.6 Å². The first-order valence-corrected chi connectivity index (χ1v) is 11.9. The molecule has 0 radical (unpaired) electrons. The third-order valence-corrected chi connectivity index (χ3v) is 5.98. The predicted octanol–water partition coefficient (Wildman–Crippen LogP) is 7.77. The number of benzene rings is 4. The molecule has 1 N–H and O–H groups in total. The summed E-state index contributed by atoms with van der Waals surface area (Å²) in [5.74, 6) is 1.57. The fourth-order valence-electron chi connectivity index (χ4n) is 4.25. The van der Waals surface area contributed by atoms with Crippen molar-refractivity contribution in [2.24, 2.45) is 0 Å². The van der Waals surface area contributed by atoms with Gasteiger partial charge in [-0.3, -0.25) is 0 Å². The number of rotatable bonds is 10. The molecule has 0 atom stereocenters. The highest BCUT2D eigenvalue weighted by Gasteiger charge is 2.15. The molecular weight excluding hydrogens is 418 g/mol. The maximum absolute atomic E-state index is 6.43. The minimum atomic E-state index is 0.478. The van der Waals surface area contributed by atoms with Crippen molar-refractivity contribution in [1.29, 1.82) is 0 Å². The largest absolute Gasteiger partial charge is 0.490 e. The molecule has 0 aliphatic heterocycles. The third kappa shape index (κ3) is 5.43. The van der Waals surface area contributed by atoms with Crippen molar-refractivity contribution >= 4 is 16.5 Å². The van der Waals surface area contributed by atoms with E-state index in [0.717, 1.165) is 33.9 Å². The van der Waals surface area contributed by atoms with Gasteiger partial charge in [-0.15, -0.1) is 6.58 Å². The van der Waals surface area contributed by atoms with Crippen molar-refractivity contribution in [3.05, 3.63) is 113 Å². The summed E-state index contributed by atoms with van der Waals surface area (Å²) in [7, 11) is 0. The number of allylic oxidation sites excluding steroid dienone is 1. The maximum atomic E-state index is 6.43. The molecule has 3 heteroatoms. The normalized spacial score (nSPS) is 10.8. The van der Waals surface area contributed by atoms with Crippen molar-refractivity contribution in [2.75, 3.05) is 11.9 Å². The number of fused-ring (bicyclic) bond motifs is 1. The Morgan fingerprint density at radius 2 is 1.71 bits per heavy atom. The molecule has 0 spiro atoms. The first-order chi connectivity index (χ1) is 16.6. The van der Waals surface area contributed by atoms with Gasteiger partial charge in [0.1, 0.15) is 6.61 Å². The average Bonchev–Trinajstić information content (AvgIpc) is 2.84. The van der Waals surface area contributed by atoms with Crippen LogP contribution >= 0.6 is 0 Å². The quantitative estimate of drug-likeness (QED) is 0.250. The van der Waals surface area contributed by atoms with E-state index in [4.69, 9.17) is 9.47 Å². The Kier molecular flexibility index (Phi) is 7.54. The zero-order chi connectivity index (χ0) is 23.9. The number of anilines is 1. The van der Waals surface area contributed by atoms with Gasteiger partial charge in [0.25, 0.3) is 0 Å². The van der Waals surface area contributed by atoms with Gasteiger partial charge in [0, 0.05) is 17.8 Å². The van der Waals surface area contributed by atoms with Crippen molar-refractivity contribution < 1.29 is 9.47 Å². The van der Waals surface area contributed by atoms with Crippen LogP contribution in [0, 0.1) is 13.8 Å². The minimum absolute atomic E-state index is 0.478. The topological polar surface area (TPSA) is 30.5 Å². The molecule has 34 heavy (non-hydrogen) atoms. The molecular formula is C31H33NO2. The average molecular weight is 452 g/mol. The molecule has 0 aromatic heterocycles. The Morgan fingerprint density at radius 1 is 0.882 bits per heavy atom. The zero-order valence-electron chi connectivity index (χ0n) is 20.4. The standard InChI is InChI=1S/C31H33NO2/c1-5-10-26-18-24(20-32-29-17-22(3)15-16-23(29)4)19-30(33-6-2)31(26)34-21-27-13-9-12-25-11-7-8-14-28(25)27/h5,7-9,11-19,32H,1,6,10,20-21H2,2-4H3. The molecule has 0 aliphatic carbocycles. The molecule has 174 valence electrons. The molecule has 0 bridgehead atoms. The Labute approximate surface area is 203 Å². The van der Waals surface area contributed by atoms with E-state index in [9.17, 15) is 0 Å². The Balaban J connectivity index is 1.62. The van der Waals surface area contributed by atoms with Crippen LogP contribution in [0.1, 0.15) is 34.7 Å². The SMILES string of the molecule is C=CCc1cc(CNc2cc(C)ccc2C)cc(OCC)c1OCc1cccc2ccccc12. The maximum Gasteiger partial charge on any atom is 0.165 e. The highest BCUT2D eigenvalue weighted by atomic mass is 16.5. The van der Waals surface area contributed by atoms with Crippen LogP contribution < -0.4 is 14.8 Å². The molecule has 0 amide bonds. The first kappa shape index (κ1) is 23.4. The van der Waals surface area contributed by atoms with Gasteiger partial charge in [-0.2, -0.15) is 0 Å². The van der Waals surface area contributed by atoms with E-state index in [-0.39, 0.29) is 0 Å². The van der Waals surface area contributed by atoms with Crippen molar-refractivity contribution in [3.8, 4) is 11.5 Å². The Hall–Kier alpha value is -3.72. The second kappa shape index (κ2) is 10.9. The second-order valence-corrected chi connectivity index (χ2v) is 8.61. The van der Waals surface area contributed by atoms with Crippen molar-refractivity contribution in [2.45, 2.75) is 40.3 Å². The van der Waals surface area contributed by atoms with E-state index in [1.54, 1.807) is 0 Å². The molecule has 0 aliphatic rings. The summed E-state index contributed by atoms with van der Waals surface area (Å²) in [6, 6.07) is 25.5. The molecule has 0 fully saturated rings. The van der Waals surface area contributed by atoms with Gasteiger partial charge < -0.3 is 14.8 Å². The number of aryl methyl sites for hydroxylation is 2. The van der Waals surface area contributed by atoms with Gasteiger partial charge in [0.15, 0.2) is 11.5 Å². The number of nitrogens with one attached hydrogen (secondary N) is 1. The van der Waals surface area contributed by atoms with Gasteiger partial charge in [0.05, 0.1) is 6.61 Å². The summed E-state index contributed by atoms with van der Waals surface area (Å²) in [4.78, 5) is 0. The van der Waals surface area contributed by atoms with E-state index in [2.05, 4.69) is 98.5 Å². The third-order valence-electron chi connectivity index (χ3n) is 5.98. The summed E-state index contributed by atoms with van der Waals surface area (Å²) >= 11 is 0. The second-order valence-electron chi connectivity index (χ2n) is 8.61. The summed E-state index contributed by atoms with van der Waals surface area (Å²) in [5.41, 5.74) is 7.02. The van der Waals surface area contributed by atoms with E-state index in [0.29, 0.717) is 26.2 Å². The smallest absolute Gasteiger partial charge is 0.165 e. The van der Waals surface area contributed by atoms with Crippen LogP contribution in [0.15, 0.2) is 85.5 Å². The van der Waals surface area contributed by atoms with Crippen LogP contribution in [-0.4, -0.2) is 6.61 Å². The highest BCUT2D eigenvalue weighted by molar-refractivity contribution is 5.85. The van der Waals surface area contributed by atoms with Crippen molar-refractivity contribution in [1.82, 2.24) is 0 Å². The zero-order valence-corrected chi connectivity index (χ0v) is 20.4. The number of ether oxygens (including phenoxy) is 2. The molecule has 0 heterocycles. The number of hydrogen-bond donors (Lipinski definition) is 1. The fourth-order valence-corrected chi connectivity index (χ4v) is 4.25. The monoisotopic (exact) mass is 451 g/mol. The molecule has 4 aromatic rings. The van der Waals surface area contributed by atoms with Crippen LogP contribution in [0.3, 0.4) is 0 Å². The molecule has 0 unspecified atom stereocenters. The Bertz CT molecular complexity index is 1290. The lowest BCUT2D eigenvalue weighted by Gasteiger charge is -2.19. The summed E-state index contributed by atoms with van der Waals surface area (Å²) < 4.78 is 12.5. The summed E-state index contributed by atoms with van der Waals surface area (Å²) in [6.07, 6.45) is 2.63. The fraction of sp³-hybridized carbons (Fsp3) is 0.226. The van der Waals surface area contributed by atoms with Gasteiger partial charge >= 0.3 is 0 Å². The molecule has 0 saturated carbocycles. The van der Waals surface area contributed by atoms with Gasteiger partial charge in [-0.05, 0) is 78.4 Å². The van der Waals surface area contributed by atoms with Gasteiger partial charge in [-0.25, -0.2) is 0 Å². The van der Waals surface area contributed by atoms with Crippen LogP contribution in [0.2, 0.25) is 0 Å². The highest BCUT2D eigenvalue weighted by Crippen LogP contribution is 2.35. The van der Waals surface area contributed by atoms with Crippen molar-refractivity contribution in [3.63, 3.8) is 0 Å². The lowest BCUT2D eigenvalue weighted by Crippen LogP contribution is -2.06. The Morgan fingerprint density at radius 3 is 2.53 bits per heavy atom. The van der Waals surface area contributed by atoms with Crippen LogP contribution in [0.25, 0.3) is 10.8 Å². The lowest BCUT2D eigenvalue weighted by molar-refractivity contribution is 0.267.